The molecule has 4 aromatic rings. The molecular formula is C55H77N3O11. The third kappa shape index (κ3) is 17.3. The van der Waals surface area contributed by atoms with Crippen LogP contribution < -0.4 is 26.0 Å². The fourth-order valence-corrected chi connectivity index (χ4v) is 9.06. The van der Waals surface area contributed by atoms with Crippen molar-refractivity contribution < 1.29 is 43.1 Å². The van der Waals surface area contributed by atoms with Gasteiger partial charge in [-0.1, -0.05) is 144 Å². The Kier molecular flexibility index (Phi) is 24.0. The van der Waals surface area contributed by atoms with Gasteiger partial charge in [-0.25, -0.2) is 4.79 Å². The van der Waals surface area contributed by atoms with Gasteiger partial charge in [0.1, 0.15) is 35.4 Å². The second-order valence-corrected chi connectivity index (χ2v) is 18.0. The molecule has 1 aromatic heterocycles. The normalized spacial score (nSPS) is 16.9. The van der Waals surface area contributed by atoms with Gasteiger partial charge in [0.25, 0.3) is 5.56 Å². The first kappa shape index (κ1) is 54.7. The summed E-state index contributed by atoms with van der Waals surface area (Å²) in [6.07, 6.45) is 18.2. The molecule has 0 saturated carbocycles. The second-order valence-electron chi connectivity index (χ2n) is 18.0. The molecule has 0 aliphatic carbocycles. The maximum atomic E-state index is 13.1. The molecule has 14 nitrogen and oxygen atoms in total. The maximum absolute atomic E-state index is 13.1. The van der Waals surface area contributed by atoms with Gasteiger partial charge in [-0.2, -0.15) is 0 Å². The molecule has 1 aliphatic heterocycles. The van der Waals surface area contributed by atoms with Crippen molar-refractivity contribution in [2.75, 3.05) is 41.1 Å². The van der Waals surface area contributed by atoms with Crippen molar-refractivity contribution in [2.45, 2.75) is 159 Å². The van der Waals surface area contributed by atoms with Crippen molar-refractivity contribution in [2.24, 2.45) is 0 Å². The molecule has 69 heavy (non-hydrogen) atoms. The van der Waals surface area contributed by atoms with E-state index < -0.39 is 41.4 Å². The van der Waals surface area contributed by atoms with Crippen molar-refractivity contribution in [1.82, 2.24) is 14.9 Å². The predicted molar refractivity (Wildman–Crippen MR) is 267 cm³/mol. The number of aliphatic hydroxyl groups excluding tert-OH is 1. The van der Waals surface area contributed by atoms with Gasteiger partial charge >= 0.3 is 11.7 Å². The smallest absolute Gasteiger partial charge is 0.330 e. The van der Waals surface area contributed by atoms with E-state index in [9.17, 15) is 24.3 Å². The molecule has 3 N–H and O–H groups in total. The minimum Gasteiger partial charge on any atom is -0.497 e. The fourth-order valence-electron chi connectivity index (χ4n) is 9.06. The Labute approximate surface area is 408 Å². The highest BCUT2D eigenvalue weighted by Crippen LogP contribution is 2.43. The van der Waals surface area contributed by atoms with Crippen LogP contribution in [0.1, 0.15) is 151 Å². The van der Waals surface area contributed by atoms with Gasteiger partial charge in [-0.3, -0.25) is 23.9 Å². The first-order valence-corrected chi connectivity index (χ1v) is 25.3. The molecule has 14 heteroatoms. The zero-order valence-corrected chi connectivity index (χ0v) is 41.2. The first-order valence-electron chi connectivity index (χ1n) is 25.3. The lowest BCUT2D eigenvalue weighted by molar-refractivity contribution is -0.140. The van der Waals surface area contributed by atoms with Crippen LogP contribution in [0.3, 0.4) is 0 Å². The Morgan fingerprint density at radius 1 is 0.652 bits per heavy atom. The minimum absolute atomic E-state index is 0.0975. The van der Waals surface area contributed by atoms with Crippen molar-refractivity contribution in [1.29, 1.82) is 0 Å². The number of carbonyl (C=O) groups is 2. The number of unbranched alkanes of at least 4 members (excludes halogenated alkanes) is 16. The van der Waals surface area contributed by atoms with E-state index >= 15 is 0 Å². The molecule has 0 bridgehead atoms. The molecule has 378 valence electrons. The molecule has 2 heterocycles. The largest absolute Gasteiger partial charge is 0.497 e. The van der Waals surface area contributed by atoms with Gasteiger partial charge < -0.3 is 38.8 Å². The molecule has 5 rings (SSSR count). The lowest BCUT2D eigenvalue weighted by atomic mass is 9.80. The molecule has 0 radical (unpaired) electrons. The van der Waals surface area contributed by atoms with Crippen molar-refractivity contribution in [3.63, 3.8) is 0 Å². The van der Waals surface area contributed by atoms with Crippen LogP contribution in [0.25, 0.3) is 0 Å². The first-order chi connectivity index (χ1) is 33.7. The number of aromatic nitrogens is 2. The maximum Gasteiger partial charge on any atom is 0.330 e. The Bertz CT molecular complexity index is 2130. The van der Waals surface area contributed by atoms with E-state index in [2.05, 4.69) is 15.0 Å². The van der Waals surface area contributed by atoms with Gasteiger partial charge in [0, 0.05) is 38.3 Å². The van der Waals surface area contributed by atoms with Crippen molar-refractivity contribution in [3.05, 3.63) is 129 Å². The summed E-state index contributed by atoms with van der Waals surface area (Å²) in [6, 6.07) is 26.3. The average molecular weight is 956 g/mol. The number of nitrogens with zero attached hydrogens (tertiary/aromatic N) is 1. The summed E-state index contributed by atoms with van der Waals surface area (Å²) in [5.41, 5.74) is 0.0421. The van der Waals surface area contributed by atoms with E-state index in [4.69, 9.17) is 23.7 Å². The summed E-state index contributed by atoms with van der Waals surface area (Å²) in [7, 11) is 4.67. The summed E-state index contributed by atoms with van der Waals surface area (Å²) < 4.78 is 36.7. The highest BCUT2D eigenvalue weighted by molar-refractivity contribution is 5.75. The summed E-state index contributed by atoms with van der Waals surface area (Å²) >= 11 is 0. The van der Waals surface area contributed by atoms with Crippen LogP contribution in [0.4, 0.5) is 0 Å². The Morgan fingerprint density at radius 3 is 1.70 bits per heavy atom. The Hall–Kier alpha value is -5.28. The van der Waals surface area contributed by atoms with E-state index in [0.29, 0.717) is 43.9 Å². The lowest BCUT2D eigenvalue weighted by Gasteiger charge is -2.37. The summed E-state index contributed by atoms with van der Waals surface area (Å²) in [5.74, 6) is 1.36. The van der Waals surface area contributed by atoms with E-state index in [1.807, 2.05) is 78.9 Å². The van der Waals surface area contributed by atoms with E-state index in [-0.39, 0.29) is 18.5 Å². The van der Waals surface area contributed by atoms with Crippen LogP contribution in [0, 0.1) is 0 Å². The van der Waals surface area contributed by atoms with Crippen molar-refractivity contribution in [3.8, 4) is 11.5 Å². The third-order valence-electron chi connectivity index (χ3n) is 13.0. The average Bonchev–Trinajstić information content (AvgIpc) is 3.68. The van der Waals surface area contributed by atoms with E-state index in [0.717, 1.165) is 61.6 Å². The second kappa shape index (κ2) is 30.4. The van der Waals surface area contributed by atoms with Gasteiger partial charge in [-0.15, -0.1) is 0 Å². The Balaban J connectivity index is 1.04. The van der Waals surface area contributed by atoms with Crippen LogP contribution >= 0.6 is 0 Å². The molecule has 4 atom stereocenters. The van der Waals surface area contributed by atoms with Gasteiger partial charge in [-0.05, 0) is 66.6 Å². The molecule has 0 spiro atoms. The van der Waals surface area contributed by atoms with Gasteiger partial charge in [0.15, 0.2) is 6.23 Å². The highest BCUT2D eigenvalue weighted by Gasteiger charge is 2.48. The molecule has 1 aliphatic rings. The molecule has 1 saturated heterocycles. The molecule has 1 fully saturated rings. The molecule has 1 unspecified atom stereocenters. The number of amides is 1. The third-order valence-corrected chi connectivity index (χ3v) is 13.0. The quantitative estimate of drug-likeness (QED) is 0.0231. The number of ether oxygens (including phenoxy) is 6. The molecule has 1 amide bonds. The number of hydrogen-bond donors (Lipinski definition) is 3. The number of aliphatic hydroxyl groups is 1. The van der Waals surface area contributed by atoms with Crippen LogP contribution in [-0.4, -0.2) is 85.9 Å². The monoisotopic (exact) mass is 956 g/mol. The SMILES string of the molecule is COC(=O)CCCCCCCCCCCCCCCCC(=O)NCCCCCCO[C@H]1C(O)[C@@H](COC(c2ccccc2)(c2ccc(OC)cc2)c2ccc(OC)cc2)O[C@H]1n1ccc(=O)[nH]c1=O. The fraction of sp³-hybridized carbons (Fsp3) is 0.564. The van der Waals surface area contributed by atoms with Crippen LogP contribution in [0.2, 0.25) is 0 Å². The number of aromatic amines is 1. The van der Waals surface area contributed by atoms with Gasteiger partial charge in [0.2, 0.25) is 5.91 Å². The van der Waals surface area contributed by atoms with Crippen LogP contribution in [-0.2, 0) is 34.1 Å². The number of hydrogen-bond acceptors (Lipinski definition) is 11. The van der Waals surface area contributed by atoms with E-state index in [1.165, 1.54) is 88.1 Å². The number of methoxy groups -OCH3 is 3. The Morgan fingerprint density at radius 2 is 1.16 bits per heavy atom. The predicted octanol–water partition coefficient (Wildman–Crippen LogP) is 9.30. The highest BCUT2D eigenvalue weighted by atomic mass is 16.6. The minimum atomic E-state index is -1.20. The topological polar surface area (TPSA) is 177 Å². The summed E-state index contributed by atoms with van der Waals surface area (Å²) in [5, 5.41) is 15.0. The number of carbonyl (C=O) groups excluding carboxylic acids is 2. The zero-order chi connectivity index (χ0) is 49.1. The van der Waals surface area contributed by atoms with Crippen molar-refractivity contribution >= 4 is 11.9 Å². The van der Waals surface area contributed by atoms with E-state index in [1.54, 1.807) is 14.2 Å². The number of benzene rings is 3. The van der Waals surface area contributed by atoms with Crippen LogP contribution in [0.5, 0.6) is 11.5 Å². The zero-order valence-electron chi connectivity index (χ0n) is 41.2. The van der Waals surface area contributed by atoms with Crippen LogP contribution in [0.15, 0.2) is 101 Å². The summed E-state index contributed by atoms with van der Waals surface area (Å²) in [6.45, 7) is 0.827. The number of H-pyrrole nitrogens is 1. The molecular weight excluding hydrogens is 879 g/mol. The standard InChI is InChI=1S/C55H77N3O11/c1-64-45-33-29-43(30-34-45)55(42-25-19-18-20-26-42,44-31-35-46(65-2)36-32-44)68-41-47-51(62)52(53(69-47)58-39-37-49(60)57-54(58)63)67-40-24-17-16-23-38-56-48(59)27-21-14-12-10-8-6-4-5-7-9-11-13-15-22-28-50(61)66-3/h18-20,25-26,29-37,39,47,51-53,62H,4-17,21-24,27-28,38,40-41H2,1-3H3,(H,56,59)(H,57,60,63)/t47-,51?,52+,53-/m1/s1. The number of rotatable bonds is 34. The number of esters is 1. The van der Waals surface area contributed by atoms with Gasteiger partial charge in [0.05, 0.1) is 27.9 Å². The molecule has 3 aromatic carbocycles. The number of nitrogens with one attached hydrogen (secondary N) is 2. The summed E-state index contributed by atoms with van der Waals surface area (Å²) in [4.78, 5) is 51.0. The lowest BCUT2D eigenvalue weighted by Crippen LogP contribution is -2.41.